The van der Waals surface area contributed by atoms with Gasteiger partial charge in [-0.15, -0.1) is 0 Å². The van der Waals surface area contributed by atoms with Crippen LogP contribution in [0.1, 0.15) is 47.4 Å². The van der Waals surface area contributed by atoms with Gasteiger partial charge in [-0.2, -0.15) is 13.2 Å². The predicted molar refractivity (Wildman–Crippen MR) is 101 cm³/mol. The van der Waals surface area contributed by atoms with Gasteiger partial charge in [0.15, 0.2) is 0 Å². The van der Waals surface area contributed by atoms with Crippen LogP contribution in [-0.4, -0.2) is 29.8 Å². The van der Waals surface area contributed by atoms with E-state index < -0.39 is 24.0 Å². The number of carbonyl (C=O) groups excluding carboxylic acids is 1. The van der Waals surface area contributed by atoms with E-state index in [1.807, 2.05) is 35.8 Å². The van der Waals surface area contributed by atoms with Crippen LogP contribution in [-0.2, 0) is 0 Å². The third kappa shape index (κ3) is 4.03. The average Bonchev–Trinajstić information content (AvgIpc) is 2.96. The molecule has 7 heteroatoms. The van der Waals surface area contributed by atoms with Crippen molar-refractivity contribution >= 4 is 5.91 Å². The van der Waals surface area contributed by atoms with E-state index in [-0.39, 0.29) is 6.42 Å². The Hall–Kier alpha value is -2.44. The summed E-state index contributed by atoms with van der Waals surface area (Å²) in [6.07, 6.45) is -2.63. The van der Waals surface area contributed by atoms with E-state index in [0.29, 0.717) is 30.5 Å². The van der Waals surface area contributed by atoms with Crippen molar-refractivity contribution in [2.24, 2.45) is 5.92 Å². The molecular formula is C21H25F3N2O2. The van der Waals surface area contributed by atoms with E-state index in [2.05, 4.69) is 5.32 Å². The quantitative estimate of drug-likeness (QED) is 0.797. The minimum atomic E-state index is -4.29. The lowest BCUT2D eigenvalue weighted by molar-refractivity contribution is -0.187. The van der Waals surface area contributed by atoms with Crippen molar-refractivity contribution in [2.45, 2.75) is 51.7 Å². The summed E-state index contributed by atoms with van der Waals surface area (Å²) >= 11 is 0. The highest BCUT2D eigenvalue weighted by molar-refractivity contribution is 5.96. The van der Waals surface area contributed by atoms with Crippen molar-refractivity contribution < 1.29 is 22.7 Å². The SMILES string of the molecule is COc1ccc(-n2c(C)cc(C(=O)N[C@H]3CCCC[C@H]3C(F)(F)F)c2C)cc1. The summed E-state index contributed by atoms with van der Waals surface area (Å²) in [6, 6.07) is 8.25. The van der Waals surface area contributed by atoms with Crippen LogP contribution in [0.2, 0.25) is 0 Å². The standard InChI is InChI=1S/C21H25F3N2O2/c1-13-12-17(14(2)26(13)15-8-10-16(28-3)11-9-15)20(27)25-19-7-5-4-6-18(19)21(22,23)24/h8-12,18-19H,4-7H2,1-3H3,(H,25,27)/t18-,19+/m1/s1. The molecule has 4 nitrogen and oxygen atoms in total. The van der Waals surface area contributed by atoms with E-state index in [9.17, 15) is 18.0 Å². The number of carbonyl (C=O) groups is 1. The fraction of sp³-hybridized carbons (Fsp3) is 0.476. The minimum Gasteiger partial charge on any atom is -0.497 e. The number of hydrogen-bond donors (Lipinski definition) is 1. The Morgan fingerprint density at radius 3 is 2.39 bits per heavy atom. The minimum absolute atomic E-state index is 0.0688. The topological polar surface area (TPSA) is 43.3 Å². The van der Waals surface area contributed by atoms with Gasteiger partial charge in [-0.25, -0.2) is 0 Å². The number of methoxy groups -OCH3 is 1. The van der Waals surface area contributed by atoms with Gasteiger partial charge in [0.1, 0.15) is 5.75 Å². The fourth-order valence-corrected chi connectivity index (χ4v) is 4.06. The number of halogens is 3. The molecule has 3 rings (SSSR count). The Labute approximate surface area is 162 Å². The smallest absolute Gasteiger partial charge is 0.393 e. The largest absolute Gasteiger partial charge is 0.497 e. The van der Waals surface area contributed by atoms with Crippen LogP contribution in [0.3, 0.4) is 0 Å². The number of rotatable bonds is 4. The number of hydrogen-bond acceptors (Lipinski definition) is 2. The van der Waals surface area contributed by atoms with E-state index in [0.717, 1.165) is 17.1 Å². The van der Waals surface area contributed by atoms with Gasteiger partial charge in [0.25, 0.3) is 5.91 Å². The van der Waals surface area contributed by atoms with Gasteiger partial charge in [0.05, 0.1) is 18.6 Å². The van der Waals surface area contributed by atoms with Gasteiger partial charge in [-0.3, -0.25) is 4.79 Å². The maximum Gasteiger partial charge on any atom is 0.393 e. The molecule has 2 aromatic rings. The highest BCUT2D eigenvalue weighted by atomic mass is 19.4. The molecule has 152 valence electrons. The maximum absolute atomic E-state index is 13.3. The van der Waals surface area contributed by atoms with Crippen LogP contribution in [0, 0.1) is 19.8 Å². The Morgan fingerprint density at radius 1 is 1.14 bits per heavy atom. The van der Waals surface area contributed by atoms with Crippen molar-refractivity contribution in [1.29, 1.82) is 0 Å². The maximum atomic E-state index is 13.3. The Bertz CT molecular complexity index is 841. The van der Waals surface area contributed by atoms with Crippen molar-refractivity contribution in [2.75, 3.05) is 7.11 Å². The Kier molecular flexibility index (Phi) is 5.72. The molecule has 0 unspecified atom stereocenters. The number of amides is 1. The number of nitrogens with zero attached hydrogens (tertiary/aromatic N) is 1. The summed E-state index contributed by atoms with van der Waals surface area (Å²) in [7, 11) is 1.59. The lowest BCUT2D eigenvalue weighted by Crippen LogP contribution is -2.47. The molecule has 0 bridgehead atoms. The van der Waals surface area contributed by atoms with E-state index >= 15 is 0 Å². The summed E-state index contributed by atoms with van der Waals surface area (Å²) in [5.74, 6) is -1.20. The number of aromatic nitrogens is 1. The molecule has 1 aromatic heterocycles. The highest BCUT2D eigenvalue weighted by Crippen LogP contribution is 2.38. The number of benzene rings is 1. The molecule has 28 heavy (non-hydrogen) atoms. The summed E-state index contributed by atoms with van der Waals surface area (Å²) in [5.41, 5.74) is 2.80. The predicted octanol–water partition coefficient (Wildman–Crippen LogP) is 4.95. The lowest BCUT2D eigenvalue weighted by atomic mass is 9.84. The van der Waals surface area contributed by atoms with Crippen LogP contribution in [0.15, 0.2) is 30.3 Å². The first-order chi connectivity index (χ1) is 13.2. The summed E-state index contributed by atoms with van der Waals surface area (Å²) < 4.78 is 47.0. The summed E-state index contributed by atoms with van der Waals surface area (Å²) in [4.78, 5) is 12.8. The molecule has 2 atom stereocenters. The number of alkyl halides is 3. The van der Waals surface area contributed by atoms with E-state index in [1.54, 1.807) is 20.1 Å². The van der Waals surface area contributed by atoms with Gasteiger partial charge in [-0.1, -0.05) is 12.8 Å². The number of ether oxygens (including phenoxy) is 1. The molecule has 1 aliphatic rings. The van der Waals surface area contributed by atoms with Crippen molar-refractivity contribution in [3.8, 4) is 11.4 Å². The molecule has 1 saturated carbocycles. The first kappa shape index (κ1) is 20.3. The molecule has 0 aliphatic heterocycles. The zero-order chi connectivity index (χ0) is 20.5. The van der Waals surface area contributed by atoms with E-state index in [4.69, 9.17) is 4.74 Å². The van der Waals surface area contributed by atoms with Crippen molar-refractivity contribution in [1.82, 2.24) is 9.88 Å². The molecule has 0 radical (unpaired) electrons. The van der Waals surface area contributed by atoms with Crippen LogP contribution < -0.4 is 10.1 Å². The molecule has 0 saturated heterocycles. The Balaban J connectivity index is 1.84. The molecule has 1 amide bonds. The fourth-order valence-electron chi connectivity index (χ4n) is 4.06. The molecular weight excluding hydrogens is 369 g/mol. The van der Waals surface area contributed by atoms with Gasteiger partial charge in [0.2, 0.25) is 0 Å². The second-order valence-electron chi connectivity index (χ2n) is 7.33. The number of nitrogens with one attached hydrogen (secondary N) is 1. The molecule has 1 heterocycles. The zero-order valence-corrected chi connectivity index (χ0v) is 16.3. The number of aryl methyl sites for hydroxylation is 1. The molecule has 0 spiro atoms. The first-order valence-corrected chi connectivity index (χ1v) is 9.43. The van der Waals surface area contributed by atoms with E-state index in [1.165, 1.54) is 0 Å². The highest BCUT2D eigenvalue weighted by Gasteiger charge is 2.46. The average molecular weight is 394 g/mol. The van der Waals surface area contributed by atoms with Crippen LogP contribution >= 0.6 is 0 Å². The summed E-state index contributed by atoms with van der Waals surface area (Å²) in [6.45, 7) is 3.67. The van der Waals surface area contributed by atoms with Crippen LogP contribution in [0.25, 0.3) is 5.69 Å². The molecule has 1 aromatic carbocycles. The van der Waals surface area contributed by atoms with Gasteiger partial charge in [0, 0.05) is 23.1 Å². The molecule has 1 N–H and O–H groups in total. The van der Waals surface area contributed by atoms with Crippen LogP contribution in [0.5, 0.6) is 5.75 Å². The summed E-state index contributed by atoms with van der Waals surface area (Å²) in [5, 5.41) is 2.65. The van der Waals surface area contributed by atoms with Crippen LogP contribution in [0.4, 0.5) is 13.2 Å². The normalized spacial score (nSPS) is 20.1. The lowest BCUT2D eigenvalue weighted by Gasteiger charge is -2.33. The second kappa shape index (κ2) is 7.89. The Morgan fingerprint density at radius 2 is 1.79 bits per heavy atom. The first-order valence-electron chi connectivity index (χ1n) is 9.43. The van der Waals surface area contributed by atoms with Crippen molar-refractivity contribution in [3.63, 3.8) is 0 Å². The van der Waals surface area contributed by atoms with Gasteiger partial charge in [-0.05, 0) is 57.0 Å². The monoisotopic (exact) mass is 394 g/mol. The zero-order valence-electron chi connectivity index (χ0n) is 16.3. The third-order valence-electron chi connectivity index (χ3n) is 5.51. The van der Waals surface area contributed by atoms with Gasteiger partial charge < -0.3 is 14.6 Å². The molecule has 1 aliphatic carbocycles. The van der Waals surface area contributed by atoms with Gasteiger partial charge >= 0.3 is 6.18 Å². The van der Waals surface area contributed by atoms with Crippen molar-refractivity contribution in [3.05, 3.63) is 47.3 Å². The molecule has 1 fully saturated rings. The third-order valence-corrected chi connectivity index (χ3v) is 5.51. The second-order valence-corrected chi connectivity index (χ2v) is 7.33.